The van der Waals surface area contributed by atoms with Crippen molar-refractivity contribution < 1.29 is 14.3 Å². The summed E-state index contributed by atoms with van der Waals surface area (Å²) < 4.78 is 11.6. The van der Waals surface area contributed by atoms with Crippen molar-refractivity contribution >= 4 is 5.78 Å². The van der Waals surface area contributed by atoms with Crippen LogP contribution in [0.4, 0.5) is 0 Å². The lowest BCUT2D eigenvalue weighted by molar-refractivity contribution is -0.124. The quantitative estimate of drug-likeness (QED) is 0.571. The first-order chi connectivity index (χ1) is 8.46. The molecule has 3 fully saturated rings. The summed E-state index contributed by atoms with van der Waals surface area (Å²) in [5.41, 5.74) is 1.16. The molecule has 0 aromatic heterocycles. The number of Topliss-reactive ketones (excluding diaryl/α,β-unsaturated/α-hetero) is 1. The van der Waals surface area contributed by atoms with Gasteiger partial charge in [0, 0.05) is 18.8 Å². The molecular weight excluding hydrogens is 228 g/mol. The molecule has 18 heavy (non-hydrogen) atoms. The summed E-state index contributed by atoms with van der Waals surface area (Å²) >= 11 is 0. The van der Waals surface area contributed by atoms with E-state index in [0.29, 0.717) is 18.6 Å². The van der Waals surface area contributed by atoms with E-state index < -0.39 is 0 Å². The summed E-state index contributed by atoms with van der Waals surface area (Å²) in [6.45, 7) is 7.19. The maximum atomic E-state index is 11.7. The van der Waals surface area contributed by atoms with Gasteiger partial charge in [0.05, 0.1) is 23.9 Å². The van der Waals surface area contributed by atoms with Gasteiger partial charge in [-0.25, -0.2) is 0 Å². The third-order valence-corrected chi connectivity index (χ3v) is 4.82. The van der Waals surface area contributed by atoms with Gasteiger partial charge in [0.15, 0.2) is 0 Å². The predicted octanol–water partition coefficient (Wildman–Crippen LogP) is 2.64. The number of epoxide rings is 2. The molecule has 2 saturated heterocycles. The van der Waals surface area contributed by atoms with Crippen LogP contribution in [0.5, 0.6) is 0 Å². The Hall–Kier alpha value is -0.670. The number of rotatable bonds is 3. The van der Waals surface area contributed by atoms with E-state index in [9.17, 15) is 4.79 Å². The molecule has 100 valence electrons. The molecule has 0 amide bonds. The lowest BCUT2D eigenvalue weighted by Gasteiger charge is -2.31. The Labute approximate surface area is 109 Å². The Bertz CT molecular complexity index is 404. The molecule has 1 spiro atoms. The highest BCUT2D eigenvalue weighted by Gasteiger charge is 2.68. The largest absolute Gasteiger partial charge is 0.369 e. The van der Waals surface area contributed by atoms with Crippen molar-refractivity contribution in [1.29, 1.82) is 0 Å². The average molecular weight is 250 g/mol. The van der Waals surface area contributed by atoms with Crippen LogP contribution in [0.1, 0.15) is 46.5 Å². The highest BCUT2D eigenvalue weighted by Crippen LogP contribution is 2.58. The van der Waals surface area contributed by atoms with E-state index in [1.54, 1.807) is 0 Å². The van der Waals surface area contributed by atoms with Crippen molar-refractivity contribution in [2.24, 2.45) is 5.92 Å². The van der Waals surface area contributed by atoms with E-state index in [1.807, 2.05) is 0 Å². The van der Waals surface area contributed by atoms with Crippen molar-refractivity contribution in [3.63, 3.8) is 0 Å². The number of hydrogen-bond donors (Lipinski definition) is 0. The Balaban J connectivity index is 1.71. The van der Waals surface area contributed by atoms with Crippen molar-refractivity contribution in [2.75, 3.05) is 6.61 Å². The molecule has 0 radical (unpaired) electrons. The van der Waals surface area contributed by atoms with Crippen LogP contribution in [0.15, 0.2) is 11.6 Å². The fraction of sp³-hybridized carbons (Fsp3) is 0.800. The molecule has 4 unspecified atom stereocenters. The molecule has 4 atom stereocenters. The number of allylic oxidation sites excluding steroid dienone is 1. The van der Waals surface area contributed by atoms with Crippen LogP contribution >= 0.6 is 0 Å². The van der Waals surface area contributed by atoms with Gasteiger partial charge in [0.25, 0.3) is 0 Å². The number of carbonyl (C=O) groups is 1. The van der Waals surface area contributed by atoms with Gasteiger partial charge in [-0.15, -0.1) is 0 Å². The minimum atomic E-state index is -0.140. The number of ketones is 1. The first-order valence-electron chi connectivity index (χ1n) is 6.93. The fourth-order valence-electron chi connectivity index (χ4n) is 3.41. The van der Waals surface area contributed by atoms with Crippen LogP contribution in [0.25, 0.3) is 0 Å². The van der Waals surface area contributed by atoms with Crippen LogP contribution in [0.2, 0.25) is 0 Å². The molecule has 1 aliphatic carbocycles. The van der Waals surface area contributed by atoms with Crippen molar-refractivity contribution in [3.05, 3.63) is 11.6 Å². The molecule has 3 nitrogen and oxygen atoms in total. The van der Waals surface area contributed by atoms with Gasteiger partial charge >= 0.3 is 0 Å². The second-order valence-electron chi connectivity index (χ2n) is 6.46. The monoisotopic (exact) mass is 250 g/mol. The lowest BCUT2D eigenvalue weighted by Crippen LogP contribution is -2.42. The Morgan fingerprint density at radius 1 is 1.50 bits per heavy atom. The molecule has 0 aromatic carbocycles. The van der Waals surface area contributed by atoms with E-state index in [2.05, 4.69) is 26.8 Å². The molecule has 0 aromatic rings. The molecule has 2 heterocycles. The third kappa shape index (κ3) is 1.94. The van der Waals surface area contributed by atoms with Gasteiger partial charge in [-0.05, 0) is 33.6 Å². The molecule has 1 saturated carbocycles. The highest BCUT2D eigenvalue weighted by atomic mass is 16.6. The van der Waals surface area contributed by atoms with Gasteiger partial charge < -0.3 is 9.47 Å². The minimum Gasteiger partial charge on any atom is -0.369 e. The number of ether oxygens (including phenoxy) is 2. The van der Waals surface area contributed by atoms with Crippen LogP contribution in [0, 0.1) is 5.92 Å². The topological polar surface area (TPSA) is 42.1 Å². The van der Waals surface area contributed by atoms with Crippen molar-refractivity contribution in [2.45, 2.75) is 63.8 Å². The van der Waals surface area contributed by atoms with Crippen LogP contribution in [0.3, 0.4) is 0 Å². The second kappa shape index (κ2) is 3.91. The summed E-state index contributed by atoms with van der Waals surface area (Å²) in [6, 6.07) is 0. The van der Waals surface area contributed by atoms with E-state index in [-0.39, 0.29) is 23.2 Å². The van der Waals surface area contributed by atoms with Gasteiger partial charge in [-0.1, -0.05) is 11.6 Å². The van der Waals surface area contributed by atoms with E-state index >= 15 is 0 Å². The van der Waals surface area contributed by atoms with E-state index in [1.165, 1.54) is 5.57 Å². The summed E-state index contributed by atoms with van der Waals surface area (Å²) in [6.07, 6.45) is 5.67. The Morgan fingerprint density at radius 3 is 2.83 bits per heavy atom. The van der Waals surface area contributed by atoms with Crippen LogP contribution in [-0.2, 0) is 14.3 Å². The maximum absolute atomic E-state index is 11.7. The Kier molecular flexibility index (Phi) is 2.69. The molecule has 0 N–H and O–H groups in total. The Morgan fingerprint density at radius 2 is 2.22 bits per heavy atom. The minimum absolute atomic E-state index is 0.0254. The van der Waals surface area contributed by atoms with Gasteiger partial charge in [0.1, 0.15) is 5.78 Å². The predicted molar refractivity (Wildman–Crippen MR) is 68.4 cm³/mol. The molecule has 3 aliphatic rings. The standard InChI is InChI=1S/C15H22O3/c1-10(2)4-5-13-14(3,18-13)12-8-11(16)6-7-15(12)9-17-15/h4,12-13H,5-9H2,1-3H3. The second-order valence-corrected chi connectivity index (χ2v) is 6.46. The summed E-state index contributed by atoms with van der Waals surface area (Å²) in [5.74, 6) is 0.639. The molecule has 3 heteroatoms. The fourth-order valence-corrected chi connectivity index (χ4v) is 3.41. The van der Waals surface area contributed by atoms with E-state index in [0.717, 1.165) is 19.4 Å². The molecular formula is C15H22O3. The average Bonchev–Trinajstić information content (AvgIpc) is 3.19. The van der Waals surface area contributed by atoms with Crippen molar-refractivity contribution in [3.8, 4) is 0 Å². The van der Waals surface area contributed by atoms with Crippen LogP contribution < -0.4 is 0 Å². The SMILES string of the molecule is CC(C)=CCC1OC1(C)C1CC(=O)CCC12CO2. The first kappa shape index (κ1) is 12.4. The summed E-state index contributed by atoms with van der Waals surface area (Å²) in [5, 5.41) is 0. The maximum Gasteiger partial charge on any atom is 0.133 e. The molecule has 0 bridgehead atoms. The van der Waals surface area contributed by atoms with Gasteiger partial charge in [0.2, 0.25) is 0 Å². The van der Waals surface area contributed by atoms with Crippen LogP contribution in [-0.4, -0.2) is 29.7 Å². The van der Waals surface area contributed by atoms with Crippen molar-refractivity contribution in [1.82, 2.24) is 0 Å². The zero-order valence-electron chi connectivity index (χ0n) is 11.5. The normalized spacial score (nSPS) is 46.1. The zero-order valence-corrected chi connectivity index (χ0v) is 11.5. The summed E-state index contributed by atoms with van der Waals surface area (Å²) in [7, 11) is 0. The van der Waals surface area contributed by atoms with E-state index in [4.69, 9.17) is 9.47 Å². The lowest BCUT2D eigenvalue weighted by atomic mass is 9.71. The molecule has 3 rings (SSSR count). The number of carbonyl (C=O) groups excluding carboxylic acids is 1. The van der Waals surface area contributed by atoms with Gasteiger partial charge in [-0.3, -0.25) is 4.79 Å². The number of hydrogen-bond acceptors (Lipinski definition) is 3. The zero-order chi connectivity index (χ0) is 13.0. The smallest absolute Gasteiger partial charge is 0.133 e. The first-order valence-corrected chi connectivity index (χ1v) is 6.93. The third-order valence-electron chi connectivity index (χ3n) is 4.82. The summed E-state index contributed by atoms with van der Waals surface area (Å²) in [4.78, 5) is 11.7. The molecule has 2 aliphatic heterocycles. The van der Waals surface area contributed by atoms with Gasteiger partial charge in [-0.2, -0.15) is 0 Å². The highest BCUT2D eigenvalue weighted by molar-refractivity contribution is 5.80.